The topological polar surface area (TPSA) is 55.3 Å². The zero-order chi connectivity index (χ0) is 26.0. The van der Waals surface area contributed by atoms with E-state index < -0.39 is 0 Å². The molecule has 6 nitrogen and oxygen atoms in total. The average molecular weight is 501 g/mol. The van der Waals surface area contributed by atoms with Crippen LogP contribution in [0.2, 0.25) is 0 Å². The summed E-state index contributed by atoms with van der Waals surface area (Å²) in [6.45, 7) is 12.9. The van der Waals surface area contributed by atoms with E-state index in [0.717, 1.165) is 68.9 Å². The van der Waals surface area contributed by atoms with Crippen molar-refractivity contribution in [1.82, 2.24) is 10.2 Å². The van der Waals surface area contributed by atoms with Crippen molar-refractivity contribution in [3.05, 3.63) is 64.9 Å². The summed E-state index contributed by atoms with van der Waals surface area (Å²) in [6, 6.07) is 13.9. The van der Waals surface area contributed by atoms with Gasteiger partial charge in [-0.25, -0.2) is 4.99 Å². The fourth-order valence-electron chi connectivity index (χ4n) is 5.74. The van der Waals surface area contributed by atoms with Crippen LogP contribution in [0.25, 0.3) is 5.57 Å². The molecule has 0 aromatic heterocycles. The summed E-state index contributed by atoms with van der Waals surface area (Å²) in [5.41, 5.74) is 8.61. The Morgan fingerprint density at radius 3 is 2.78 bits per heavy atom. The lowest BCUT2D eigenvalue weighted by atomic mass is 10.0. The monoisotopic (exact) mass is 500 g/mol. The number of rotatable bonds is 6. The van der Waals surface area contributed by atoms with Gasteiger partial charge in [0.05, 0.1) is 6.34 Å². The van der Waals surface area contributed by atoms with Gasteiger partial charge in [0, 0.05) is 75.2 Å². The highest BCUT2D eigenvalue weighted by molar-refractivity contribution is 6.09. The summed E-state index contributed by atoms with van der Waals surface area (Å²) < 4.78 is 0. The van der Waals surface area contributed by atoms with Gasteiger partial charge in [-0.2, -0.15) is 0 Å². The van der Waals surface area contributed by atoms with Gasteiger partial charge in [0.15, 0.2) is 0 Å². The normalized spacial score (nSPS) is 20.2. The first-order valence-electron chi connectivity index (χ1n) is 14.0. The molecule has 198 valence electrons. The Kier molecular flexibility index (Phi) is 9.92. The predicted octanol–water partition coefficient (Wildman–Crippen LogP) is 5.87. The lowest BCUT2D eigenvalue weighted by Crippen LogP contribution is -2.37. The van der Waals surface area contributed by atoms with Gasteiger partial charge >= 0.3 is 0 Å². The minimum absolute atomic E-state index is 0.558. The van der Waals surface area contributed by atoms with Crippen LogP contribution in [0.3, 0.4) is 0 Å². The molecule has 2 aliphatic heterocycles. The highest BCUT2D eigenvalue weighted by atomic mass is 15.2. The Balaban J connectivity index is 1.71. The molecule has 4 rings (SSSR count). The molecule has 37 heavy (non-hydrogen) atoms. The minimum atomic E-state index is 0.558. The number of aryl methyl sites for hydroxylation is 1. The Bertz CT molecular complexity index is 1110. The van der Waals surface area contributed by atoms with Crippen LogP contribution in [0, 0.1) is 6.92 Å². The first-order valence-corrected chi connectivity index (χ1v) is 14.0. The summed E-state index contributed by atoms with van der Waals surface area (Å²) in [6.07, 6.45) is 10.4. The molecular formula is C31H44N6. The second-order valence-electron chi connectivity index (χ2n) is 10.3. The fourth-order valence-corrected chi connectivity index (χ4v) is 5.74. The van der Waals surface area contributed by atoms with Crippen LogP contribution in [0.5, 0.6) is 0 Å². The van der Waals surface area contributed by atoms with Crippen molar-refractivity contribution in [2.45, 2.75) is 65.6 Å². The van der Waals surface area contributed by atoms with E-state index in [2.05, 4.69) is 87.6 Å². The number of hydrogen-bond donors (Lipinski definition) is 2. The van der Waals surface area contributed by atoms with Crippen molar-refractivity contribution in [2.75, 3.05) is 43.4 Å². The van der Waals surface area contributed by atoms with E-state index in [-0.39, 0.29) is 0 Å². The molecule has 2 N–H and O–H groups in total. The number of allylic oxidation sites excluding steroid dienone is 1. The molecule has 0 aliphatic carbocycles. The van der Waals surface area contributed by atoms with Gasteiger partial charge in [-0.15, -0.1) is 0 Å². The molecule has 4 bridgehead atoms. The van der Waals surface area contributed by atoms with E-state index in [1.54, 1.807) is 6.34 Å². The lowest BCUT2D eigenvalue weighted by Gasteiger charge is -2.30. The molecule has 6 heteroatoms. The van der Waals surface area contributed by atoms with E-state index in [9.17, 15) is 0 Å². The standard InChI is InChI=1S/C31H44N6/c1-5-12-36(13-6-2)31-24(3)15-29-17-27(31)19-33-21-30-11-8-14-37(30)22-25-9-7-10-26(16-25)28(18-32-4)20-34-23-35-29/h7,9-10,15-18,20,23,30,33H,5-6,8,11-14,19,21-22H2,1-4H3,(H,34,35)/b28-20-,32-18?/t30-/m0/s1. The number of hydrogen-bond acceptors (Lipinski definition) is 6. The molecule has 1 fully saturated rings. The van der Waals surface area contributed by atoms with E-state index in [1.807, 2.05) is 19.5 Å². The van der Waals surface area contributed by atoms with E-state index in [1.165, 1.54) is 35.2 Å². The van der Waals surface area contributed by atoms with Gasteiger partial charge < -0.3 is 15.5 Å². The maximum absolute atomic E-state index is 4.60. The van der Waals surface area contributed by atoms with Crippen LogP contribution in [0.1, 0.15) is 61.8 Å². The third-order valence-corrected chi connectivity index (χ3v) is 7.31. The molecule has 0 unspecified atom stereocenters. The molecule has 2 heterocycles. The SMILES string of the molecule is CCCN(CCC)c1c(C)cc2cc1CNC[C@@H]1CCCN1Cc1cccc(c1)/C(C=NC)=C\N=CN2. The summed E-state index contributed by atoms with van der Waals surface area (Å²) >= 11 is 0. The van der Waals surface area contributed by atoms with Gasteiger partial charge in [0.2, 0.25) is 0 Å². The molecule has 1 saturated heterocycles. The maximum atomic E-state index is 4.60. The Hall–Kier alpha value is -2.96. The third kappa shape index (κ3) is 7.08. The predicted molar refractivity (Wildman–Crippen MR) is 160 cm³/mol. The molecule has 2 aliphatic rings. The number of benzene rings is 2. The van der Waals surface area contributed by atoms with Crippen LogP contribution < -0.4 is 15.5 Å². The summed E-state index contributed by atoms with van der Waals surface area (Å²) in [5.74, 6) is 0. The largest absolute Gasteiger partial charge is 0.371 e. The van der Waals surface area contributed by atoms with E-state index in [4.69, 9.17) is 0 Å². The number of nitrogens with one attached hydrogen (secondary N) is 2. The molecule has 0 radical (unpaired) electrons. The molecule has 2 aromatic rings. The van der Waals surface area contributed by atoms with Crippen molar-refractivity contribution in [3.8, 4) is 0 Å². The zero-order valence-electron chi connectivity index (χ0n) is 23.1. The average Bonchev–Trinajstić information content (AvgIpc) is 3.32. The Labute approximate surface area is 223 Å². The highest BCUT2D eigenvalue weighted by Gasteiger charge is 2.24. The van der Waals surface area contributed by atoms with Crippen molar-refractivity contribution < 1.29 is 0 Å². The number of nitrogens with zero attached hydrogens (tertiary/aromatic N) is 4. The highest BCUT2D eigenvalue weighted by Crippen LogP contribution is 2.30. The fraction of sp³-hybridized carbons (Fsp3) is 0.484. The molecule has 0 amide bonds. The second-order valence-corrected chi connectivity index (χ2v) is 10.3. The summed E-state index contributed by atoms with van der Waals surface area (Å²) in [7, 11) is 1.81. The molecule has 0 spiro atoms. The quantitative estimate of drug-likeness (QED) is 0.487. The van der Waals surface area contributed by atoms with E-state index in [0.29, 0.717) is 6.04 Å². The Morgan fingerprint density at radius 1 is 1.16 bits per heavy atom. The van der Waals surface area contributed by atoms with E-state index >= 15 is 0 Å². The van der Waals surface area contributed by atoms with Crippen LogP contribution in [-0.4, -0.2) is 56.7 Å². The van der Waals surface area contributed by atoms with Crippen molar-refractivity contribution >= 4 is 29.5 Å². The molecule has 2 aromatic carbocycles. The van der Waals surface area contributed by atoms with Gasteiger partial charge in [0.25, 0.3) is 0 Å². The van der Waals surface area contributed by atoms with Crippen molar-refractivity contribution in [2.24, 2.45) is 9.98 Å². The van der Waals surface area contributed by atoms with Gasteiger partial charge in [-0.05, 0) is 79.6 Å². The smallest absolute Gasteiger partial charge is 0.0923 e. The first-order chi connectivity index (χ1) is 18.1. The lowest BCUT2D eigenvalue weighted by molar-refractivity contribution is 0.239. The van der Waals surface area contributed by atoms with Gasteiger partial charge in [0.1, 0.15) is 0 Å². The second kappa shape index (κ2) is 13.5. The molecule has 0 saturated carbocycles. The minimum Gasteiger partial charge on any atom is -0.371 e. The van der Waals surface area contributed by atoms with Crippen LogP contribution in [0.4, 0.5) is 11.4 Å². The van der Waals surface area contributed by atoms with Crippen molar-refractivity contribution in [1.29, 1.82) is 0 Å². The third-order valence-electron chi connectivity index (χ3n) is 7.31. The van der Waals surface area contributed by atoms with Crippen LogP contribution in [0.15, 0.2) is 52.6 Å². The number of fused-ring (bicyclic) bond motifs is 5. The van der Waals surface area contributed by atoms with Crippen LogP contribution in [-0.2, 0) is 13.1 Å². The maximum Gasteiger partial charge on any atom is 0.0923 e. The first kappa shape index (κ1) is 27.1. The zero-order valence-corrected chi connectivity index (χ0v) is 23.1. The van der Waals surface area contributed by atoms with Gasteiger partial charge in [-0.3, -0.25) is 9.89 Å². The van der Waals surface area contributed by atoms with Crippen molar-refractivity contribution in [3.63, 3.8) is 0 Å². The van der Waals surface area contributed by atoms with Gasteiger partial charge in [-0.1, -0.05) is 32.0 Å². The molecule has 1 atom stereocenters. The summed E-state index contributed by atoms with van der Waals surface area (Å²) in [5, 5.41) is 7.26. The molecular weight excluding hydrogens is 456 g/mol. The number of anilines is 2. The Morgan fingerprint density at radius 2 is 2.00 bits per heavy atom. The summed E-state index contributed by atoms with van der Waals surface area (Å²) in [4.78, 5) is 14.1. The van der Waals surface area contributed by atoms with Crippen LogP contribution >= 0.6 is 0 Å². The number of aliphatic imine (C=N–C) groups is 2.